The van der Waals surface area contributed by atoms with Crippen molar-refractivity contribution in [2.75, 3.05) is 0 Å². The van der Waals surface area contributed by atoms with Crippen LogP contribution in [0.25, 0.3) is 0 Å². The smallest absolute Gasteiger partial charge is 0.417 e. The summed E-state index contributed by atoms with van der Waals surface area (Å²) < 4.78 is 5.20. The topological polar surface area (TPSA) is 66.8 Å². The molecule has 5 heteroatoms. The van der Waals surface area contributed by atoms with E-state index in [1.165, 1.54) is 0 Å². The minimum atomic E-state index is -0.734. The third kappa shape index (κ3) is 2.60. The standard InChI is InChI=1S/C12H19NO4/c1-12(2,3)17-11(16)13-9(15)6-8(14)10(13)7-4-5-7/h7-8,10,14H,4-6H2,1-3H3/t8-,10?/m1/s1. The highest BCUT2D eigenvalue weighted by atomic mass is 16.6. The Labute approximate surface area is 101 Å². The molecule has 0 spiro atoms. The number of hydrogen-bond donors (Lipinski definition) is 1. The van der Waals surface area contributed by atoms with E-state index in [0.29, 0.717) is 0 Å². The Morgan fingerprint density at radius 2 is 2.00 bits per heavy atom. The number of aliphatic hydroxyl groups excluding tert-OH is 1. The second-order valence-corrected chi connectivity index (χ2v) is 5.84. The monoisotopic (exact) mass is 241 g/mol. The fraction of sp³-hybridized carbons (Fsp3) is 0.833. The predicted octanol–water partition coefficient (Wildman–Crippen LogP) is 1.29. The molecule has 1 aliphatic heterocycles. The lowest BCUT2D eigenvalue weighted by atomic mass is 10.1. The van der Waals surface area contributed by atoms with E-state index in [4.69, 9.17) is 4.74 Å². The molecule has 1 aliphatic carbocycles. The molecular weight excluding hydrogens is 222 g/mol. The first-order valence-electron chi connectivity index (χ1n) is 6.03. The highest BCUT2D eigenvalue weighted by Gasteiger charge is 2.50. The van der Waals surface area contributed by atoms with Gasteiger partial charge in [0.05, 0.1) is 18.6 Å². The Bertz CT molecular complexity index is 343. The summed E-state index contributed by atoms with van der Waals surface area (Å²) in [7, 11) is 0. The van der Waals surface area contributed by atoms with Crippen molar-refractivity contribution >= 4 is 12.0 Å². The lowest BCUT2D eigenvalue weighted by Gasteiger charge is -2.28. The number of rotatable bonds is 1. The number of ether oxygens (including phenoxy) is 1. The maximum absolute atomic E-state index is 11.9. The first-order valence-corrected chi connectivity index (χ1v) is 6.03. The van der Waals surface area contributed by atoms with Crippen molar-refractivity contribution in [2.45, 2.75) is 57.8 Å². The van der Waals surface area contributed by atoms with Crippen LogP contribution in [0.1, 0.15) is 40.0 Å². The lowest BCUT2D eigenvalue weighted by molar-refractivity contribution is -0.128. The second-order valence-electron chi connectivity index (χ2n) is 5.84. The Hall–Kier alpha value is -1.10. The molecule has 2 amide bonds. The molecule has 1 saturated heterocycles. The zero-order valence-corrected chi connectivity index (χ0v) is 10.5. The maximum Gasteiger partial charge on any atom is 0.417 e. The zero-order chi connectivity index (χ0) is 12.8. The van der Waals surface area contributed by atoms with Gasteiger partial charge in [-0.15, -0.1) is 0 Å². The van der Waals surface area contributed by atoms with Gasteiger partial charge in [0.25, 0.3) is 0 Å². The zero-order valence-electron chi connectivity index (χ0n) is 10.5. The van der Waals surface area contributed by atoms with Crippen LogP contribution in [-0.2, 0) is 9.53 Å². The fourth-order valence-corrected chi connectivity index (χ4v) is 2.23. The summed E-state index contributed by atoms with van der Waals surface area (Å²) in [5.41, 5.74) is -0.626. The van der Waals surface area contributed by atoms with E-state index < -0.39 is 17.8 Å². The molecule has 2 aliphatic rings. The number of nitrogens with zero attached hydrogens (tertiary/aromatic N) is 1. The van der Waals surface area contributed by atoms with Gasteiger partial charge < -0.3 is 9.84 Å². The van der Waals surface area contributed by atoms with Crippen molar-refractivity contribution in [1.82, 2.24) is 4.90 Å². The van der Waals surface area contributed by atoms with Crippen molar-refractivity contribution in [1.29, 1.82) is 0 Å². The minimum absolute atomic E-state index is 0.0282. The normalized spacial score (nSPS) is 29.6. The molecule has 5 nitrogen and oxygen atoms in total. The molecule has 1 saturated carbocycles. The van der Waals surface area contributed by atoms with E-state index in [1.807, 2.05) is 0 Å². The Morgan fingerprint density at radius 3 is 2.47 bits per heavy atom. The molecule has 2 fully saturated rings. The van der Waals surface area contributed by atoms with Gasteiger partial charge in [0.15, 0.2) is 0 Å². The van der Waals surface area contributed by atoms with Crippen LogP contribution in [0.5, 0.6) is 0 Å². The van der Waals surface area contributed by atoms with Gasteiger partial charge >= 0.3 is 6.09 Å². The number of carbonyl (C=O) groups is 2. The lowest BCUT2D eigenvalue weighted by Crippen LogP contribution is -2.45. The van der Waals surface area contributed by atoms with Crippen molar-refractivity contribution < 1.29 is 19.4 Å². The number of amides is 2. The van der Waals surface area contributed by atoms with Gasteiger partial charge in [0.1, 0.15) is 5.60 Å². The van der Waals surface area contributed by atoms with Crippen molar-refractivity contribution in [2.24, 2.45) is 5.92 Å². The van der Waals surface area contributed by atoms with Crippen LogP contribution in [0, 0.1) is 5.92 Å². The summed E-state index contributed by atoms with van der Waals surface area (Å²) in [5.74, 6) is -0.0763. The van der Waals surface area contributed by atoms with Gasteiger partial charge in [-0.3, -0.25) is 4.79 Å². The van der Waals surface area contributed by atoms with E-state index in [0.717, 1.165) is 17.7 Å². The number of likely N-dealkylation sites (tertiary alicyclic amines) is 1. The number of imide groups is 1. The van der Waals surface area contributed by atoms with Gasteiger partial charge in [0, 0.05) is 0 Å². The summed E-state index contributed by atoms with van der Waals surface area (Å²) in [4.78, 5) is 24.8. The molecular formula is C12H19NO4. The fourth-order valence-electron chi connectivity index (χ4n) is 2.23. The maximum atomic E-state index is 11.9. The summed E-state index contributed by atoms with van der Waals surface area (Å²) in [6, 6.07) is -0.377. The second kappa shape index (κ2) is 3.98. The van der Waals surface area contributed by atoms with Crippen LogP contribution in [0.15, 0.2) is 0 Å². The van der Waals surface area contributed by atoms with Gasteiger partial charge in [-0.2, -0.15) is 0 Å². The van der Waals surface area contributed by atoms with Gasteiger partial charge in [-0.05, 0) is 39.5 Å². The van der Waals surface area contributed by atoms with E-state index in [1.54, 1.807) is 20.8 Å². The highest BCUT2D eigenvalue weighted by molar-refractivity contribution is 5.95. The number of hydrogen-bond acceptors (Lipinski definition) is 4. The van der Waals surface area contributed by atoms with Crippen molar-refractivity contribution in [3.63, 3.8) is 0 Å². The predicted molar refractivity (Wildman–Crippen MR) is 60.2 cm³/mol. The van der Waals surface area contributed by atoms with Crippen LogP contribution >= 0.6 is 0 Å². The molecule has 0 aromatic heterocycles. The summed E-state index contributed by atoms with van der Waals surface area (Å²) in [5, 5.41) is 9.82. The SMILES string of the molecule is CC(C)(C)OC(=O)N1C(=O)C[C@@H](O)C1C1CC1. The van der Waals surface area contributed by atoms with Crippen LogP contribution in [0.3, 0.4) is 0 Å². The molecule has 1 unspecified atom stereocenters. The average molecular weight is 241 g/mol. The van der Waals surface area contributed by atoms with E-state index in [2.05, 4.69) is 0 Å². The van der Waals surface area contributed by atoms with Crippen LogP contribution in [0.4, 0.5) is 4.79 Å². The Morgan fingerprint density at radius 1 is 1.41 bits per heavy atom. The molecule has 0 bridgehead atoms. The molecule has 0 aromatic rings. The Balaban J connectivity index is 2.11. The molecule has 1 heterocycles. The quantitative estimate of drug-likeness (QED) is 0.751. The highest BCUT2D eigenvalue weighted by Crippen LogP contribution is 2.41. The molecule has 1 N–H and O–H groups in total. The van der Waals surface area contributed by atoms with Gasteiger partial charge in [-0.1, -0.05) is 0 Å². The molecule has 0 radical (unpaired) electrons. The minimum Gasteiger partial charge on any atom is -0.443 e. The molecule has 96 valence electrons. The van der Waals surface area contributed by atoms with Crippen LogP contribution in [-0.4, -0.2) is 39.8 Å². The van der Waals surface area contributed by atoms with Crippen LogP contribution in [0.2, 0.25) is 0 Å². The van der Waals surface area contributed by atoms with Gasteiger partial charge in [-0.25, -0.2) is 9.69 Å². The summed E-state index contributed by atoms with van der Waals surface area (Å²) in [6.45, 7) is 5.27. The average Bonchev–Trinajstić information content (AvgIpc) is 2.89. The van der Waals surface area contributed by atoms with E-state index >= 15 is 0 Å². The summed E-state index contributed by atoms with van der Waals surface area (Å²) >= 11 is 0. The number of aliphatic hydroxyl groups is 1. The van der Waals surface area contributed by atoms with E-state index in [9.17, 15) is 14.7 Å². The number of carbonyl (C=O) groups excluding carboxylic acids is 2. The molecule has 0 aromatic carbocycles. The third-order valence-electron chi connectivity index (χ3n) is 3.04. The summed E-state index contributed by atoms with van der Waals surface area (Å²) in [6.07, 6.45) is 0.599. The molecule has 17 heavy (non-hydrogen) atoms. The van der Waals surface area contributed by atoms with Crippen LogP contribution < -0.4 is 0 Å². The first-order chi connectivity index (χ1) is 7.79. The van der Waals surface area contributed by atoms with Crippen molar-refractivity contribution in [3.05, 3.63) is 0 Å². The van der Waals surface area contributed by atoms with E-state index in [-0.39, 0.29) is 24.3 Å². The molecule has 2 atom stereocenters. The first kappa shape index (κ1) is 12.4. The third-order valence-corrected chi connectivity index (χ3v) is 3.04. The van der Waals surface area contributed by atoms with Gasteiger partial charge in [0.2, 0.25) is 5.91 Å². The largest absolute Gasteiger partial charge is 0.443 e. The Kier molecular flexibility index (Phi) is 2.89. The van der Waals surface area contributed by atoms with Crippen molar-refractivity contribution in [3.8, 4) is 0 Å². The molecule has 2 rings (SSSR count).